The number of hydrogen-bond donors (Lipinski definition) is 1. The van der Waals surface area contributed by atoms with Gasteiger partial charge in [-0.1, -0.05) is 6.42 Å². The Hall–Kier alpha value is -0.480. The van der Waals surface area contributed by atoms with Crippen LogP contribution in [-0.2, 0) is 6.54 Å². The summed E-state index contributed by atoms with van der Waals surface area (Å²) in [6.45, 7) is 6.47. The molecule has 0 bridgehead atoms. The average Bonchev–Trinajstić information content (AvgIpc) is 2.79. The standard InChI is InChI=1S/C13H23N3S/c1-11(2)16-10-15-8-12(16)7-14-9-13-5-3-4-6-17-13/h8,10-11,13-14H,3-7,9H2,1-2H3. The van der Waals surface area contributed by atoms with Gasteiger partial charge in [-0.2, -0.15) is 11.8 Å². The maximum atomic E-state index is 4.23. The first-order valence-electron chi connectivity index (χ1n) is 6.60. The van der Waals surface area contributed by atoms with Crippen molar-refractivity contribution in [3.05, 3.63) is 18.2 Å². The monoisotopic (exact) mass is 253 g/mol. The third-order valence-electron chi connectivity index (χ3n) is 3.25. The van der Waals surface area contributed by atoms with Gasteiger partial charge in [0.2, 0.25) is 0 Å². The molecular formula is C13H23N3S. The molecule has 17 heavy (non-hydrogen) atoms. The smallest absolute Gasteiger partial charge is 0.0951 e. The van der Waals surface area contributed by atoms with Gasteiger partial charge in [-0.05, 0) is 32.4 Å². The molecule has 1 aliphatic heterocycles. The SMILES string of the molecule is CC(C)n1cncc1CNCC1CCCCS1. The fourth-order valence-electron chi connectivity index (χ4n) is 2.26. The van der Waals surface area contributed by atoms with Crippen LogP contribution in [0.2, 0.25) is 0 Å². The zero-order valence-electron chi connectivity index (χ0n) is 10.9. The summed E-state index contributed by atoms with van der Waals surface area (Å²) in [5.74, 6) is 1.34. The summed E-state index contributed by atoms with van der Waals surface area (Å²) in [6.07, 6.45) is 8.09. The molecule has 1 aliphatic rings. The maximum absolute atomic E-state index is 4.23. The first-order valence-corrected chi connectivity index (χ1v) is 7.65. The Morgan fingerprint density at radius 1 is 1.53 bits per heavy atom. The lowest BCUT2D eigenvalue weighted by atomic mass is 10.2. The highest BCUT2D eigenvalue weighted by atomic mass is 32.2. The highest BCUT2D eigenvalue weighted by Gasteiger charge is 2.13. The Morgan fingerprint density at radius 3 is 3.12 bits per heavy atom. The molecule has 0 radical (unpaired) electrons. The van der Waals surface area contributed by atoms with Crippen LogP contribution in [0.5, 0.6) is 0 Å². The van der Waals surface area contributed by atoms with Crippen LogP contribution in [0, 0.1) is 0 Å². The minimum absolute atomic E-state index is 0.498. The molecule has 1 fully saturated rings. The number of rotatable bonds is 5. The van der Waals surface area contributed by atoms with Gasteiger partial charge in [-0.15, -0.1) is 0 Å². The molecule has 2 heterocycles. The summed E-state index contributed by atoms with van der Waals surface area (Å²) in [4.78, 5) is 4.23. The predicted molar refractivity (Wildman–Crippen MR) is 74.4 cm³/mol. The molecule has 1 aromatic heterocycles. The zero-order valence-corrected chi connectivity index (χ0v) is 11.7. The van der Waals surface area contributed by atoms with E-state index in [-0.39, 0.29) is 0 Å². The van der Waals surface area contributed by atoms with Crippen molar-refractivity contribution in [3.63, 3.8) is 0 Å². The van der Waals surface area contributed by atoms with Crippen LogP contribution < -0.4 is 5.32 Å². The lowest BCUT2D eigenvalue weighted by molar-refractivity contribution is 0.540. The van der Waals surface area contributed by atoms with E-state index in [1.165, 1.54) is 30.7 Å². The summed E-state index contributed by atoms with van der Waals surface area (Å²) in [5.41, 5.74) is 1.29. The number of imidazole rings is 1. The van der Waals surface area contributed by atoms with E-state index >= 15 is 0 Å². The summed E-state index contributed by atoms with van der Waals surface area (Å²) >= 11 is 2.13. The Kier molecular flexibility index (Phi) is 4.92. The maximum Gasteiger partial charge on any atom is 0.0951 e. The topological polar surface area (TPSA) is 29.9 Å². The van der Waals surface area contributed by atoms with E-state index in [2.05, 4.69) is 40.5 Å². The van der Waals surface area contributed by atoms with Crippen LogP contribution in [0.15, 0.2) is 12.5 Å². The molecule has 4 heteroatoms. The van der Waals surface area contributed by atoms with Crippen molar-refractivity contribution in [2.45, 2.75) is 50.9 Å². The Labute approximate surface area is 108 Å². The number of thioether (sulfide) groups is 1. The van der Waals surface area contributed by atoms with Gasteiger partial charge in [-0.25, -0.2) is 4.98 Å². The van der Waals surface area contributed by atoms with Gasteiger partial charge in [0.05, 0.1) is 12.0 Å². The average molecular weight is 253 g/mol. The van der Waals surface area contributed by atoms with Crippen molar-refractivity contribution < 1.29 is 0 Å². The van der Waals surface area contributed by atoms with Crippen LogP contribution in [0.4, 0.5) is 0 Å². The Balaban J connectivity index is 1.75. The van der Waals surface area contributed by atoms with Crippen molar-refractivity contribution in [2.75, 3.05) is 12.3 Å². The van der Waals surface area contributed by atoms with Crippen molar-refractivity contribution in [1.29, 1.82) is 0 Å². The first kappa shape index (κ1) is 13.0. The van der Waals surface area contributed by atoms with Crippen molar-refractivity contribution >= 4 is 11.8 Å². The van der Waals surface area contributed by atoms with Crippen LogP contribution >= 0.6 is 11.8 Å². The molecule has 2 rings (SSSR count). The third kappa shape index (κ3) is 3.75. The second-order valence-electron chi connectivity index (χ2n) is 5.01. The molecule has 1 atom stereocenters. The largest absolute Gasteiger partial charge is 0.331 e. The van der Waals surface area contributed by atoms with E-state index in [1.54, 1.807) is 0 Å². The van der Waals surface area contributed by atoms with Crippen LogP contribution in [0.1, 0.15) is 44.8 Å². The second kappa shape index (κ2) is 6.45. The fraction of sp³-hybridized carbons (Fsp3) is 0.769. The van der Waals surface area contributed by atoms with E-state index in [0.717, 1.165) is 18.3 Å². The lowest BCUT2D eigenvalue weighted by Crippen LogP contribution is -2.27. The summed E-state index contributed by atoms with van der Waals surface area (Å²) in [5, 5.41) is 4.39. The molecule has 0 aromatic carbocycles. The molecule has 0 saturated carbocycles. The molecule has 1 aromatic rings. The van der Waals surface area contributed by atoms with Crippen LogP contribution in [0.25, 0.3) is 0 Å². The van der Waals surface area contributed by atoms with Gasteiger partial charge in [0.25, 0.3) is 0 Å². The van der Waals surface area contributed by atoms with Crippen molar-refractivity contribution in [3.8, 4) is 0 Å². The molecule has 0 spiro atoms. The molecular weight excluding hydrogens is 230 g/mol. The second-order valence-corrected chi connectivity index (χ2v) is 6.41. The van der Waals surface area contributed by atoms with Crippen molar-refractivity contribution in [2.24, 2.45) is 0 Å². The first-order chi connectivity index (χ1) is 8.27. The fourth-order valence-corrected chi connectivity index (χ4v) is 3.54. The molecule has 0 amide bonds. The zero-order chi connectivity index (χ0) is 12.1. The van der Waals surface area contributed by atoms with Gasteiger partial charge in [-0.3, -0.25) is 0 Å². The number of nitrogens with one attached hydrogen (secondary N) is 1. The van der Waals surface area contributed by atoms with Crippen LogP contribution in [-0.4, -0.2) is 27.1 Å². The van der Waals surface area contributed by atoms with E-state index in [4.69, 9.17) is 0 Å². The minimum Gasteiger partial charge on any atom is -0.331 e. The number of aromatic nitrogens is 2. The molecule has 3 nitrogen and oxygen atoms in total. The molecule has 1 saturated heterocycles. The van der Waals surface area contributed by atoms with Gasteiger partial charge in [0, 0.05) is 30.6 Å². The lowest BCUT2D eigenvalue weighted by Gasteiger charge is -2.21. The minimum atomic E-state index is 0.498. The van der Waals surface area contributed by atoms with Crippen molar-refractivity contribution in [1.82, 2.24) is 14.9 Å². The third-order valence-corrected chi connectivity index (χ3v) is 4.65. The summed E-state index contributed by atoms with van der Waals surface area (Å²) < 4.78 is 2.24. The van der Waals surface area contributed by atoms with E-state index in [1.807, 2.05) is 12.5 Å². The summed E-state index contributed by atoms with van der Waals surface area (Å²) in [6, 6.07) is 0.498. The normalized spacial score (nSPS) is 21.0. The highest BCUT2D eigenvalue weighted by Crippen LogP contribution is 2.24. The Bertz CT molecular complexity index is 329. The quantitative estimate of drug-likeness (QED) is 0.875. The van der Waals surface area contributed by atoms with E-state index < -0.39 is 0 Å². The van der Waals surface area contributed by atoms with Gasteiger partial charge in [0.1, 0.15) is 0 Å². The molecule has 0 aliphatic carbocycles. The highest BCUT2D eigenvalue weighted by molar-refractivity contribution is 7.99. The molecule has 96 valence electrons. The van der Waals surface area contributed by atoms with Gasteiger partial charge < -0.3 is 9.88 Å². The van der Waals surface area contributed by atoms with Gasteiger partial charge in [0.15, 0.2) is 0 Å². The van der Waals surface area contributed by atoms with Gasteiger partial charge >= 0.3 is 0 Å². The van der Waals surface area contributed by atoms with E-state index in [9.17, 15) is 0 Å². The number of nitrogens with zero attached hydrogens (tertiary/aromatic N) is 2. The Morgan fingerprint density at radius 2 is 2.41 bits per heavy atom. The predicted octanol–water partition coefficient (Wildman–Crippen LogP) is 2.84. The molecule has 1 N–H and O–H groups in total. The molecule has 1 unspecified atom stereocenters. The summed E-state index contributed by atoms with van der Waals surface area (Å²) in [7, 11) is 0. The van der Waals surface area contributed by atoms with Crippen LogP contribution in [0.3, 0.4) is 0 Å². The van der Waals surface area contributed by atoms with E-state index in [0.29, 0.717) is 6.04 Å². The number of hydrogen-bond acceptors (Lipinski definition) is 3.